The highest BCUT2D eigenvalue weighted by molar-refractivity contribution is 7.92. The molecular formula is C24H32N2O4S. The minimum absolute atomic E-state index is 0.151. The van der Waals surface area contributed by atoms with Gasteiger partial charge in [-0.05, 0) is 81.8 Å². The van der Waals surface area contributed by atoms with Gasteiger partial charge in [0.15, 0.2) is 0 Å². The Balaban J connectivity index is 1.55. The molecule has 168 valence electrons. The number of hydrogen-bond donors (Lipinski definition) is 1. The molecule has 1 aliphatic rings. The fourth-order valence-corrected chi connectivity index (χ4v) is 5.38. The molecule has 31 heavy (non-hydrogen) atoms. The van der Waals surface area contributed by atoms with Gasteiger partial charge in [0.2, 0.25) is 10.0 Å². The molecule has 7 heteroatoms. The van der Waals surface area contributed by atoms with Crippen molar-refractivity contribution in [1.29, 1.82) is 0 Å². The number of benzene rings is 2. The van der Waals surface area contributed by atoms with Crippen LogP contribution >= 0.6 is 0 Å². The van der Waals surface area contributed by atoms with Crippen LogP contribution in [-0.2, 0) is 16.4 Å². The van der Waals surface area contributed by atoms with Crippen molar-refractivity contribution in [3.63, 3.8) is 0 Å². The quantitative estimate of drug-likeness (QED) is 0.623. The monoisotopic (exact) mass is 444 g/mol. The van der Waals surface area contributed by atoms with Crippen molar-refractivity contribution in [2.24, 2.45) is 0 Å². The lowest BCUT2D eigenvalue weighted by Gasteiger charge is -2.29. The number of amides is 1. The maximum absolute atomic E-state index is 12.6. The van der Waals surface area contributed by atoms with E-state index >= 15 is 0 Å². The van der Waals surface area contributed by atoms with E-state index in [-0.39, 0.29) is 17.8 Å². The first kappa shape index (κ1) is 23.1. The van der Waals surface area contributed by atoms with Crippen LogP contribution in [0.2, 0.25) is 0 Å². The van der Waals surface area contributed by atoms with Crippen molar-refractivity contribution >= 4 is 21.6 Å². The number of aryl methyl sites for hydroxylation is 2. The van der Waals surface area contributed by atoms with Crippen LogP contribution < -0.4 is 14.4 Å². The van der Waals surface area contributed by atoms with E-state index in [0.717, 1.165) is 30.6 Å². The molecule has 1 heterocycles. The lowest BCUT2D eigenvalue weighted by Crippen LogP contribution is -2.38. The third kappa shape index (κ3) is 6.23. The van der Waals surface area contributed by atoms with Gasteiger partial charge in [0.05, 0.1) is 17.5 Å². The summed E-state index contributed by atoms with van der Waals surface area (Å²) in [6.45, 7) is 6.89. The molecule has 1 N–H and O–H groups in total. The first-order chi connectivity index (χ1) is 14.8. The summed E-state index contributed by atoms with van der Waals surface area (Å²) >= 11 is 0. The second-order valence-corrected chi connectivity index (χ2v) is 10.3. The third-order valence-electron chi connectivity index (χ3n) is 5.31. The van der Waals surface area contributed by atoms with Gasteiger partial charge in [-0.25, -0.2) is 8.42 Å². The van der Waals surface area contributed by atoms with Crippen LogP contribution in [0.5, 0.6) is 5.75 Å². The van der Waals surface area contributed by atoms with Gasteiger partial charge in [0, 0.05) is 18.7 Å². The Morgan fingerprint density at radius 3 is 2.55 bits per heavy atom. The van der Waals surface area contributed by atoms with Gasteiger partial charge in [0.25, 0.3) is 5.91 Å². The number of nitrogens with one attached hydrogen (secondary N) is 1. The second kappa shape index (κ2) is 10.2. The zero-order valence-corrected chi connectivity index (χ0v) is 19.4. The van der Waals surface area contributed by atoms with E-state index in [1.54, 1.807) is 12.1 Å². The van der Waals surface area contributed by atoms with E-state index < -0.39 is 10.0 Å². The molecule has 3 rings (SSSR count). The highest BCUT2D eigenvalue weighted by atomic mass is 32.2. The average Bonchev–Trinajstić information content (AvgIpc) is 2.72. The smallest absolute Gasteiger partial charge is 0.251 e. The molecule has 0 bridgehead atoms. The standard InChI is InChI=1S/C24H32N2O4S/c1-18(2)30-22-12-9-20(10-13-22)7-6-14-25-24(27)21-11-8-19(3)23(17-21)26-15-4-5-16-31(26,28)29/h8-13,17-18H,4-7,14-16H2,1-3H3,(H,25,27). The Kier molecular flexibility index (Phi) is 7.59. The number of rotatable bonds is 8. The van der Waals surface area contributed by atoms with Crippen LogP contribution in [0.4, 0.5) is 5.69 Å². The average molecular weight is 445 g/mol. The highest BCUT2D eigenvalue weighted by Crippen LogP contribution is 2.28. The van der Waals surface area contributed by atoms with Crippen molar-refractivity contribution in [3.8, 4) is 5.75 Å². The predicted molar refractivity (Wildman–Crippen MR) is 124 cm³/mol. The molecule has 1 aliphatic heterocycles. The van der Waals surface area contributed by atoms with E-state index in [2.05, 4.69) is 5.32 Å². The minimum atomic E-state index is -3.31. The van der Waals surface area contributed by atoms with Gasteiger partial charge in [-0.2, -0.15) is 0 Å². The number of carbonyl (C=O) groups excluding carboxylic acids is 1. The number of sulfonamides is 1. The normalized spacial score (nSPS) is 15.7. The largest absolute Gasteiger partial charge is 0.491 e. The van der Waals surface area contributed by atoms with E-state index in [1.807, 2.05) is 51.1 Å². The number of nitrogens with zero attached hydrogens (tertiary/aromatic N) is 1. The number of anilines is 1. The molecular weight excluding hydrogens is 412 g/mol. The molecule has 1 amide bonds. The Hall–Kier alpha value is -2.54. The maximum atomic E-state index is 12.6. The van der Waals surface area contributed by atoms with E-state index in [1.165, 1.54) is 9.87 Å². The van der Waals surface area contributed by atoms with Gasteiger partial charge in [-0.3, -0.25) is 9.10 Å². The van der Waals surface area contributed by atoms with Crippen LogP contribution in [0.1, 0.15) is 54.6 Å². The Morgan fingerprint density at radius 2 is 1.87 bits per heavy atom. The van der Waals surface area contributed by atoms with Gasteiger partial charge in [-0.15, -0.1) is 0 Å². The summed E-state index contributed by atoms with van der Waals surface area (Å²) in [7, 11) is -3.31. The van der Waals surface area contributed by atoms with E-state index in [0.29, 0.717) is 30.8 Å². The molecule has 6 nitrogen and oxygen atoms in total. The van der Waals surface area contributed by atoms with Gasteiger partial charge < -0.3 is 10.1 Å². The summed E-state index contributed by atoms with van der Waals surface area (Å²) in [6.07, 6.45) is 3.34. The van der Waals surface area contributed by atoms with Crippen molar-refractivity contribution in [2.75, 3.05) is 23.1 Å². The zero-order valence-electron chi connectivity index (χ0n) is 18.6. The number of ether oxygens (including phenoxy) is 1. The summed E-state index contributed by atoms with van der Waals surface area (Å²) < 4.78 is 32.0. The predicted octanol–water partition coefficient (Wildman–Crippen LogP) is 4.07. The topological polar surface area (TPSA) is 75.7 Å². The van der Waals surface area contributed by atoms with Crippen LogP contribution in [-0.4, -0.2) is 39.3 Å². The Labute approximate surface area is 185 Å². The van der Waals surface area contributed by atoms with Crippen molar-refractivity contribution < 1.29 is 17.9 Å². The SMILES string of the molecule is Cc1ccc(C(=O)NCCCc2ccc(OC(C)C)cc2)cc1N1CCCCS1(=O)=O. The van der Waals surface area contributed by atoms with Crippen molar-refractivity contribution in [1.82, 2.24) is 5.32 Å². The Morgan fingerprint density at radius 1 is 1.13 bits per heavy atom. The summed E-state index contributed by atoms with van der Waals surface area (Å²) in [5, 5.41) is 2.95. The van der Waals surface area contributed by atoms with Crippen LogP contribution in [0.3, 0.4) is 0 Å². The highest BCUT2D eigenvalue weighted by Gasteiger charge is 2.27. The molecule has 0 unspecified atom stereocenters. The molecule has 0 saturated carbocycles. The molecule has 0 radical (unpaired) electrons. The maximum Gasteiger partial charge on any atom is 0.251 e. The molecule has 0 spiro atoms. The fourth-order valence-electron chi connectivity index (χ4n) is 3.68. The summed E-state index contributed by atoms with van der Waals surface area (Å²) in [6, 6.07) is 13.3. The number of carbonyl (C=O) groups is 1. The first-order valence-electron chi connectivity index (χ1n) is 10.9. The molecule has 1 saturated heterocycles. The van der Waals surface area contributed by atoms with Crippen LogP contribution in [0, 0.1) is 6.92 Å². The molecule has 2 aromatic rings. The minimum Gasteiger partial charge on any atom is -0.491 e. The summed E-state index contributed by atoms with van der Waals surface area (Å²) in [4.78, 5) is 12.6. The second-order valence-electron chi connectivity index (χ2n) is 8.27. The summed E-state index contributed by atoms with van der Waals surface area (Å²) in [5.41, 5.74) is 3.14. The lowest BCUT2D eigenvalue weighted by atomic mass is 10.1. The third-order valence-corrected chi connectivity index (χ3v) is 7.17. The van der Waals surface area contributed by atoms with Crippen molar-refractivity contribution in [2.45, 2.75) is 52.6 Å². The fraction of sp³-hybridized carbons (Fsp3) is 0.458. The number of hydrogen-bond acceptors (Lipinski definition) is 4. The van der Waals surface area contributed by atoms with Crippen LogP contribution in [0.15, 0.2) is 42.5 Å². The molecule has 2 aromatic carbocycles. The molecule has 0 atom stereocenters. The van der Waals surface area contributed by atoms with E-state index in [4.69, 9.17) is 4.74 Å². The zero-order chi connectivity index (χ0) is 22.4. The van der Waals surface area contributed by atoms with Gasteiger partial charge >= 0.3 is 0 Å². The van der Waals surface area contributed by atoms with Gasteiger partial charge in [-0.1, -0.05) is 18.2 Å². The lowest BCUT2D eigenvalue weighted by molar-refractivity contribution is 0.0953. The molecule has 0 aliphatic carbocycles. The molecule has 0 aromatic heterocycles. The van der Waals surface area contributed by atoms with Gasteiger partial charge in [0.1, 0.15) is 5.75 Å². The van der Waals surface area contributed by atoms with Crippen molar-refractivity contribution in [3.05, 3.63) is 59.2 Å². The summed E-state index contributed by atoms with van der Waals surface area (Å²) in [5.74, 6) is 0.835. The van der Waals surface area contributed by atoms with Crippen LogP contribution in [0.25, 0.3) is 0 Å². The first-order valence-corrected chi connectivity index (χ1v) is 12.5. The van der Waals surface area contributed by atoms with E-state index in [9.17, 15) is 13.2 Å². The Bertz CT molecular complexity index is 1000. The molecule has 1 fully saturated rings.